The third-order valence-corrected chi connectivity index (χ3v) is 5.91. The average molecular weight is 455 g/mol. The number of halogens is 1. The van der Waals surface area contributed by atoms with Crippen LogP contribution in [-0.2, 0) is 0 Å². The Morgan fingerprint density at radius 1 is 1.10 bits per heavy atom. The first-order valence-corrected chi connectivity index (χ1v) is 10.6. The molecule has 2 heterocycles. The summed E-state index contributed by atoms with van der Waals surface area (Å²) in [7, 11) is 3.14. The van der Waals surface area contributed by atoms with E-state index in [2.05, 4.69) is 10.5 Å². The molecule has 4 aromatic rings. The highest BCUT2D eigenvalue weighted by Crippen LogP contribution is 2.34. The number of amides is 1. The molecule has 158 valence electrons. The Morgan fingerprint density at radius 2 is 1.90 bits per heavy atom. The van der Waals surface area contributed by atoms with Gasteiger partial charge in [0.25, 0.3) is 5.91 Å². The van der Waals surface area contributed by atoms with E-state index in [-0.39, 0.29) is 17.6 Å². The molecule has 0 spiro atoms. The largest absolute Gasteiger partial charge is 0.497 e. The van der Waals surface area contributed by atoms with Crippen LogP contribution >= 0.6 is 22.9 Å². The predicted octanol–water partition coefficient (Wildman–Crippen LogP) is 5.59. The zero-order valence-electron chi connectivity index (χ0n) is 16.8. The number of hydrogen-bond donors (Lipinski definition) is 1. The molecule has 0 saturated heterocycles. The number of ether oxygens (including phenoxy) is 2. The summed E-state index contributed by atoms with van der Waals surface area (Å²) in [5, 5.41) is 9.60. The lowest BCUT2D eigenvalue weighted by molar-refractivity contribution is 0.0934. The first-order chi connectivity index (χ1) is 15.1. The van der Waals surface area contributed by atoms with Crippen LogP contribution in [-0.4, -0.2) is 25.3 Å². The van der Waals surface area contributed by atoms with E-state index in [9.17, 15) is 4.79 Å². The number of nitrogens with one attached hydrogen (secondary N) is 1. The molecular formula is C23H19ClN2O4S. The molecule has 0 saturated carbocycles. The third-order valence-electron chi connectivity index (χ3n) is 4.72. The Balaban J connectivity index is 1.61. The highest BCUT2D eigenvalue weighted by atomic mass is 35.5. The van der Waals surface area contributed by atoms with Crippen molar-refractivity contribution in [3.8, 4) is 22.8 Å². The summed E-state index contributed by atoms with van der Waals surface area (Å²) in [6.07, 6.45) is 0. The van der Waals surface area contributed by atoms with Gasteiger partial charge in [-0.3, -0.25) is 4.79 Å². The Bertz CT molecular complexity index is 1170. The molecule has 2 aromatic heterocycles. The molecule has 2 aromatic carbocycles. The molecule has 0 aliphatic rings. The van der Waals surface area contributed by atoms with Crippen LogP contribution in [0.15, 0.2) is 70.6 Å². The van der Waals surface area contributed by atoms with Crippen molar-refractivity contribution in [1.29, 1.82) is 0 Å². The monoisotopic (exact) mass is 454 g/mol. The van der Waals surface area contributed by atoms with Crippen molar-refractivity contribution in [1.82, 2.24) is 10.5 Å². The molecule has 0 aliphatic heterocycles. The van der Waals surface area contributed by atoms with Gasteiger partial charge in [-0.15, -0.1) is 11.3 Å². The lowest BCUT2D eigenvalue weighted by Crippen LogP contribution is -2.29. The van der Waals surface area contributed by atoms with Crippen LogP contribution < -0.4 is 14.8 Å². The molecule has 0 bridgehead atoms. The Labute approximate surface area is 188 Å². The van der Waals surface area contributed by atoms with Gasteiger partial charge < -0.3 is 19.3 Å². The van der Waals surface area contributed by atoms with Crippen LogP contribution in [0.1, 0.15) is 27.0 Å². The molecule has 6 nitrogen and oxygen atoms in total. The minimum atomic E-state index is -0.356. The summed E-state index contributed by atoms with van der Waals surface area (Å²) < 4.78 is 16.1. The number of thiophene rings is 1. The van der Waals surface area contributed by atoms with Crippen LogP contribution in [0.3, 0.4) is 0 Å². The van der Waals surface area contributed by atoms with Crippen LogP contribution in [0.2, 0.25) is 5.02 Å². The third kappa shape index (κ3) is 4.57. The fourth-order valence-corrected chi connectivity index (χ4v) is 4.08. The molecule has 8 heteroatoms. The molecule has 1 N–H and O–H groups in total. The highest BCUT2D eigenvalue weighted by molar-refractivity contribution is 7.10. The first kappa shape index (κ1) is 21.0. The molecule has 4 rings (SSSR count). The van der Waals surface area contributed by atoms with Crippen molar-refractivity contribution in [3.63, 3.8) is 0 Å². The maximum absolute atomic E-state index is 13.0. The van der Waals surface area contributed by atoms with Gasteiger partial charge in [0.15, 0.2) is 11.5 Å². The summed E-state index contributed by atoms with van der Waals surface area (Å²) in [6, 6.07) is 17.9. The van der Waals surface area contributed by atoms with Gasteiger partial charge in [0.05, 0.1) is 25.8 Å². The van der Waals surface area contributed by atoms with Crippen molar-refractivity contribution >= 4 is 28.8 Å². The van der Waals surface area contributed by atoms with E-state index < -0.39 is 0 Å². The van der Waals surface area contributed by atoms with Crippen molar-refractivity contribution in [2.24, 2.45) is 0 Å². The number of carbonyl (C=O) groups excluding carboxylic acids is 1. The normalized spacial score (nSPS) is 11.7. The zero-order valence-corrected chi connectivity index (χ0v) is 18.4. The van der Waals surface area contributed by atoms with Crippen LogP contribution in [0, 0.1) is 0 Å². The van der Waals surface area contributed by atoms with Gasteiger partial charge in [-0.2, -0.15) is 0 Å². The molecule has 0 aliphatic carbocycles. The molecule has 1 amide bonds. The van der Waals surface area contributed by atoms with Crippen molar-refractivity contribution in [2.75, 3.05) is 14.2 Å². The number of nitrogens with zero attached hydrogens (tertiary/aromatic N) is 1. The summed E-state index contributed by atoms with van der Waals surface area (Å²) >= 11 is 7.58. The Hall–Kier alpha value is -3.29. The second-order valence-electron chi connectivity index (χ2n) is 6.62. The second-order valence-corrected chi connectivity index (χ2v) is 8.03. The maximum atomic E-state index is 13.0. The van der Waals surface area contributed by atoms with Crippen molar-refractivity contribution in [3.05, 3.63) is 87.2 Å². The summed E-state index contributed by atoms with van der Waals surface area (Å²) in [5.74, 6) is 1.27. The molecule has 1 atom stereocenters. The second kappa shape index (κ2) is 9.24. The van der Waals surface area contributed by atoms with Crippen molar-refractivity contribution in [2.45, 2.75) is 6.04 Å². The van der Waals surface area contributed by atoms with Gasteiger partial charge in [0.1, 0.15) is 11.5 Å². The van der Waals surface area contributed by atoms with Crippen LogP contribution in [0.4, 0.5) is 0 Å². The number of rotatable bonds is 7. The fraction of sp³-hybridized carbons (Fsp3) is 0.130. The fourth-order valence-electron chi connectivity index (χ4n) is 3.15. The van der Waals surface area contributed by atoms with E-state index in [1.54, 1.807) is 62.0 Å². The van der Waals surface area contributed by atoms with Gasteiger partial charge >= 0.3 is 0 Å². The number of aromatic nitrogens is 1. The maximum Gasteiger partial charge on any atom is 0.274 e. The number of benzene rings is 2. The summed E-state index contributed by atoms with van der Waals surface area (Å²) in [4.78, 5) is 14.0. The molecule has 1 unspecified atom stereocenters. The van der Waals surface area contributed by atoms with Gasteiger partial charge in [0, 0.05) is 16.0 Å². The topological polar surface area (TPSA) is 73.6 Å². The Kier molecular flexibility index (Phi) is 6.25. The average Bonchev–Trinajstić information content (AvgIpc) is 3.50. The first-order valence-electron chi connectivity index (χ1n) is 9.38. The van der Waals surface area contributed by atoms with Gasteiger partial charge in [0.2, 0.25) is 0 Å². The molecule has 0 fully saturated rings. The number of carbonyl (C=O) groups is 1. The summed E-state index contributed by atoms with van der Waals surface area (Å²) in [5.41, 5.74) is 1.72. The lowest BCUT2D eigenvalue weighted by Gasteiger charge is -2.17. The SMILES string of the molecule is COc1ccc(OC)c(-c2cc(C(=O)NC(c3ccc(Cl)cc3)c3cccs3)no2)c1. The lowest BCUT2D eigenvalue weighted by atomic mass is 10.1. The zero-order chi connectivity index (χ0) is 21.8. The smallest absolute Gasteiger partial charge is 0.274 e. The molecule has 0 radical (unpaired) electrons. The molecule has 31 heavy (non-hydrogen) atoms. The minimum absolute atomic E-state index is 0.162. The summed E-state index contributed by atoms with van der Waals surface area (Å²) in [6.45, 7) is 0. The van der Waals surface area contributed by atoms with Crippen LogP contribution in [0.5, 0.6) is 11.5 Å². The van der Waals surface area contributed by atoms with E-state index in [1.165, 1.54) is 0 Å². The highest BCUT2D eigenvalue weighted by Gasteiger charge is 2.22. The van der Waals surface area contributed by atoms with Gasteiger partial charge in [-0.25, -0.2) is 0 Å². The van der Waals surface area contributed by atoms with Crippen molar-refractivity contribution < 1.29 is 18.8 Å². The van der Waals surface area contributed by atoms with E-state index in [1.807, 2.05) is 29.6 Å². The Morgan fingerprint density at radius 3 is 2.58 bits per heavy atom. The number of methoxy groups -OCH3 is 2. The van der Waals surface area contributed by atoms with E-state index >= 15 is 0 Å². The molecular weight excluding hydrogens is 436 g/mol. The van der Waals surface area contributed by atoms with Gasteiger partial charge in [-0.05, 0) is 47.3 Å². The minimum Gasteiger partial charge on any atom is -0.497 e. The standard InChI is InChI=1S/C23H19ClN2O4S/c1-28-16-9-10-19(29-2)17(12-16)20-13-18(26-30-20)23(27)25-22(21-4-3-11-31-21)14-5-7-15(24)8-6-14/h3-13,22H,1-2H3,(H,25,27). The van der Waals surface area contributed by atoms with Crippen LogP contribution in [0.25, 0.3) is 11.3 Å². The predicted molar refractivity (Wildman–Crippen MR) is 120 cm³/mol. The quantitative estimate of drug-likeness (QED) is 0.394. The number of hydrogen-bond acceptors (Lipinski definition) is 6. The van der Waals surface area contributed by atoms with E-state index in [4.69, 9.17) is 25.6 Å². The van der Waals surface area contributed by atoms with E-state index in [0.29, 0.717) is 27.8 Å². The van der Waals surface area contributed by atoms with E-state index in [0.717, 1.165) is 10.4 Å². The van der Waals surface area contributed by atoms with Gasteiger partial charge in [-0.1, -0.05) is 35.0 Å².